The zero-order valence-corrected chi connectivity index (χ0v) is 14.1. The van der Waals surface area contributed by atoms with Gasteiger partial charge < -0.3 is 10.1 Å². The number of carbonyl (C=O) groups excluding carboxylic acids is 4. The average Bonchev–Trinajstić information content (AvgIpc) is 2.88. The number of hydrogen-bond donors (Lipinski definition) is 2. The zero-order chi connectivity index (χ0) is 18.3. The first-order chi connectivity index (χ1) is 12.6. The van der Waals surface area contributed by atoms with E-state index in [9.17, 15) is 19.2 Å². The molecule has 4 amide bonds. The van der Waals surface area contributed by atoms with Gasteiger partial charge in [0.25, 0.3) is 11.8 Å². The lowest BCUT2D eigenvalue weighted by atomic mass is 10.0. The Hall–Kier alpha value is -2.74. The highest BCUT2D eigenvalue weighted by Crippen LogP contribution is 2.34. The quantitative estimate of drug-likeness (QED) is 0.750. The molecule has 2 fully saturated rings. The summed E-state index contributed by atoms with van der Waals surface area (Å²) in [6.45, 7) is 1.68. The van der Waals surface area contributed by atoms with E-state index in [-0.39, 0.29) is 30.1 Å². The second kappa shape index (κ2) is 6.53. The van der Waals surface area contributed by atoms with Gasteiger partial charge in [-0.05, 0) is 44.5 Å². The Morgan fingerprint density at radius 1 is 1.00 bits per heavy atom. The van der Waals surface area contributed by atoms with Crippen LogP contribution in [0.25, 0.3) is 0 Å². The molecule has 3 aliphatic rings. The van der Waals surface area contributed by atoms with Crippen molar-refractivity contribution in [1.82, 2.24) is 15.5 Å². The summed E-state index contributed by atoms with van der Waals surface area (Å²) in [6.07, 6.45) is 1.86. The van der Waals surface area contributed by atoms with Crippen molar-refractivity contribution >= 4 is 23.6 Å². The number of piperidine rings is 2. The summed E-state index contributed by atoms with van der Waals surface area (Å²) in [5.41, 5.74) is 0.451. The summed E-state index contributed by atoms with van der Waals surface area (Å²) in [4.78, 5) is 50.1. The number of amides is 4. The topological polar surface area (TPSA) is 105 Å². The molecular weight excluding hydrogens is 338 g/mol. The van der Waals surface area contributed by atoms with Crippen LogP contribution in [0.1, 0.15) is 46.4 Å². The van der Waals surface area contributed by atoms with Gasteiger partial charge in [0, 0.05) is 6.42 Å². The fraction of sp³-hybridized carbons (Fsp3) is 0.444. The monoisotopic (exact) mass is 357 g/mol. The lowest BCUT2D eigenvalue weighted by Gasteiger charge is -2.28. The minimum atomic E-state index is -0.966. The van der Waals surface area contributed by atoms with Gasteiger partial charge in [-0.15, -0.1) is 0 Å². The highest BCUT2D eigenvalue weighted by atomic mass is 16.5. The molecule has 0 aliphatic carbocycles. The van der Waals surface area contributed by atoms with Gasteiger partial charge in [-0.25, -0.2) is 0 Å². The van der Waals surface area contributed by atoms with E-state index in [1.54, 1.807) is 18.2 Å². The fourth-order valence-corrected chi connectivity index (χ4v) is 3.68. The van der Waals surface area contributed by atoms with Crippen molar-refractivity contribution in [3.8, 4) is 5.75 Å². The van der Waals surface area contributed by atoms with Crippen LogP contribution in [0.4, 0.5) is 0 Å². The summed E-state index contributed by atoms with van der Waals surface area (Å²) in [5.74, 6) is -1.68. The highest BCUT2D eigenvalue weighted by molar-refractivity contribution is 6.24. The van der Waals surface area contributed by atoms with Crippen LogP contribution in [0, 0.1) is 0 Å². The van der Waals surface area contributed by atoms with Crippen LogP contribution >= 0.6 is 0 Å². The Balaban J connectivity index is 1.62. The number of nitrogens with zero attached hydrogens (tertiary/aromatic N) is 1. The molecule has 1 aromatic rings. The summed E-state index contributed by atoms with van der Waals surface area (Å²) in [7, 11) is 0. The van der Waals surface area contributed by atoms with E-state index in [1.165, 1.54) is 0 Å². The van der Waals surface area contributed by atoms with Crippen LogP contribution in [0.15, 0.2) is 18.2 Å². The number of benzene rings is 1. The number of rotatable bonds is 3. The second-order valence-electron chi connectivity index (χ2n) is 6.69. The Kier molecular flexibility index (Phi) is 4.20. The minimum Gasteiger partial charge on any atom is -0.489 e. The molecule has 8 nitrogen and oxygen atoms in total. The van der Waals surface area contributed by atoms with E-state index in [0.29, 0.717) is 5.75 Å². The third-order valence-electron chi connectivity index (χ3n) is 5.01. The van der Waals surface area contributed by atoms with Gasteiger partial charge in [-0.1, -0.05) is 6.07 Å². The summed E-state index contributed by atoms with van der Waals surface area (Å²) < 4.78 is 6.00. The first-order valence-electron chi connectivity index (χ1n) is 8.78. The third kappa shape index (κ3) is 2.76. The normalized spacial score (nSPS) is 23.8. The van der Waals surface area contributed by atoms with Gasteiger partial charge in [0.05, 0.1) is 11.1 Å². The van der Waals surface area contributed by atoms with Crippen LogP contribution in [0.2, 0.25) is 0 Å². The van der Waals surface area contributed by atoms with E-state index in [2.05, 4.69) is 10.6 Å². The number of fused-ring (bicyclic) bond motifs is 1. The molecule has 1 unspecified atom stereocenters. The fourth-order valence-electron chi connectivity index (χ4n) is 3.68. The molecule has 8 heteroatoms. The lowest BCUT2D eigenvalue weighted by Crippen LogP contribution is -2.54. The summed E-state index contributed by atoms with van der Waals surface area (Å²) in [6, 6.07) is 3.96. The van der Waals surface area contributed by atoms with Crippen LogP contribution in [-0.2, 0) is 9.59 Å². The predicted molar refractivity (Wildman–Crippen MR) is 89.6 cm³/mol. The van der Waals surface area contributed by atoms with E-state index in [0.717, 1.165) is 30.8 Å². The molecule has 0 spiro atoms. The number of nitrogens with one attached hydrogen (secondary N) is 2. The lowest BCUT2D eigenvalue weighted by molar-refractivity contribution is -0.136. The zero-order valence-electron chi connectivity index (χ0n) is 14.1. The van der Waals surface area contributed by atoms with Crippen molar-refractivity contribution in [2.24, 2.45) is 0 Å². The molecule has 2 N–H and O–H groups in total. The third-order valence-corrected chi connectivity index (χ3v) is 5.01. The van der Waals surface area contributed by atoms with Crippen LogP contribution in [0.3, 0.4) is 0 Å². The molecule has 1 atom stereocenters. The van der Waals surface area contributed by atoms with Gasteiger partial charge in [-0.3, -0.25) is 29.4 Å². The maximum Gasteiger partial charge on any atom is 0.266 e. The molecule has 3 aliphatic heterocycles. The molecule has 0 saturated carbocycles. The van der Waals surface area contributed by atoms with Crippen LogP contribution in [-0.4, -0.2) is 53.8 Å². The number of ether oxygens (including phenoxy) is 1. The van der Waals surface area contributed by atoms with Crippen molar-refractivity contribution in [3.05, 3.63) is 29.3 Å². The molecule has 0 bridgehead atoms. The smallest absolute Gasteiger partial charge is 0.266 e. The van der Waals surface area contributed by atoms with E-state index < -0.39 is 29.7 Å². The SMILES string of the molecule is O=C1CCC(N2C(=O)c3cccc(OC4CCNCC4)c3C2=O)C(=O)N1. The standard InChI is InChI=1S/C18H19N3O5/c22-14-5-4-12(16(23)20-14)21-17(24)11-2-1-3-13(15(11)18(21)25)26-10-6-8-19-9-7-10/h1-3,10,12,19H,4-9H2,(H,20,22,23). The van der Waals surface area contributed by atoms with Gasteiger partial charge in [-0.2, -0.15) is 0 Å². The molecular formula is C18H19N3O5. The van der Waals surface area contributed by atoms with Crippen molar-refractivity contribution in [3.63, 3.8) is 0 Å². The van der Waals surface area contributed by atoms with Gasteiger partial charge in [0.15, 0.2) is 0 Å². The molecule has 136 valence electrons. The van der Waals surface area contributed by atoms with Crippen molar-refractivity contribution in [2.45, 2.75) is 37.8 Å². The molecule has 26 heavy (non-hydrogen) atoms. The molecule has 3 heterocycles. The number of carbonyl (C=O) groups is 4. The molecule has 2 saturated heterocycles. The highest BCUT2D eigenvalue weighted by Gasteiger charge is 2.46. The Bertz CT molecular complexity index is 800. The largest absolute Gasteiger partial charge is 0.489 e. The van der Waals surface area contributed by atoms with Crippen molar-refractivity contribution in [2.75, 3.05) is 13.1 Å². The van der Waals surface area contributed by atoms with Crippen LogP contribution < -0.4 is 15.4 Å². The van der Waals surface area contributed by atoms with Gasteiger partial charge >= 0.3 is 0 Å². The van der Waals surface area contributed by atoms with Gasteiger partial charge in [0.2, 0.25) is 11.8 Å². The maximum atomic E-state index is 12.9. The van der Waals surface area contributed by atoms with E-state index in [1.807, 2.05) is 0 Å². The van der Waals surface area contributed by atoms with E-state index >= 15 is 0 Å². The van der Waals surface area contributed by atoms with E-state index in [4.69, 9.17) is 4.74 Å². The van der Waals surface area contributed by atoms with Crippen LogP contribution in [0.5, 0.6) is 5.75 Å². The molecule has 1 aromatic carbocycles. The number of imide groups is 2. The Morgan fingerprint density at radius 3 is 2.50 bits per heavy atom. The van der Waals surface area contributed by atoms with Crippen molar-refractivity contribution < 1.29 is 23.9 Å². The minimum absolute atomic E-state index is 0.0182. The molecule has 4 rings (SSSR count). The Morgan fingerprint density at radius 2 is 1.77 bits per heavy atom. The maximum absolute atomic E-state index is 12.9. The second-order valence-corrected chi connectivity index (χ2v) is 6.69. The van der Waals surface area contributed by atoms with Crippen molar-refractivity contribution in [1.29, 1.82) is 0 Å². The average molecular weight is 357 g/mol. The number of hydrogen-bond acceptors (Lipinski definition) is 6. The summed E-state index contributed by atoms with van der Waals surface area (Å²) >= 11 is 0. The first kappa shape index (κ1) is 16.7. The summed E-state index contributed by atoms with van der Waals surface area (Å²) in [5, 5.41) is 5.44. The predicted octanol–water partition coefficient (Wildman–Crippen LogP) is 0.219. The molecule has 0 radical (unpaired) electrons. The Labute approximate surface area is 149 Å². The first-order valence-corrected chi connectivity index (χ1v) is 8.78. The molecule has 0 aromatic heterocycles. The van der Waals surface area contributed by atoms with Gasteiger partial charge in [0.1, 0.15) is 17.9 Å².